The Bertz CT molecular complexity index is 1640. The Labute approximate surface area is 245 Å². The van der Waals surface area contributed by atoms with E-state index in [2.05, 4.69) is 126 Å². The van der Waals surface area contributed by atoms with Gasteiger partial charge in [0.1, 0.15) is 0 Å². The summed E-state index contributed by atoms with van der Waals surface area (Å²) in [6.45, 7) is 10.4. The number of rotatable bonds is 6. The highest BCUT2D eigenvalue weighted by Crippen LogP contribution is 2.35. The molecule has 40 heavy (non-hydrogen) atoms. The van der Waals surface area contributed by atoms with Crippen molar-refractivity contribution in [2.75, 3.05) is 31.0 Å². The summed E-state index contributed by atoms with van der Waals surface area (Å²) in [6.07, 6.45) is 8.02. The highest BCUT2D eigenvalue weighted by Gasteiger charge is 2.13. The van der Waals surface area contributed by atoms with Crippen LogP contribution in [0.5, 0.6) is 0 Å². The maximum absolute atomic E-state index is 6.34. The van der Waals surface area contributed by atoms with Gasteiger partial charge in [-0.05, 0) is 84.5 Å². The van der Waals surface area contributed by atoms with Crippen LogP contribution < -0.4 is 10.6 Å². The summed E-state index contributed by atoms with van der Waals surface area (Å²) in [5.41, 5.74) is 15.8. The monoisotopic (exact) mass is 547 g/mol. The Morgan fingerprint density at radius 2 is 1.48 bits per heavy atom. The quantitative estimate of drug-likeness (QED) is 0.126. The van der Waals surface area contributed by atoms with E-state index in [1.807, 2.05) is 47.0 Å². The molecule has 0 aliphatic heterocycles. The predicted octanol–water partition coefficient (Wildman–Crippen LogP) is 9.68. The topological polar surface area (TPSA) is 34.2 Å². The van der Waals surface area contributed by atoms with Crippen molar-refractivity contribution in [2.24, 2.45) is 0 Å². The molecule has 0 spiro atoms. The molecule has 0 amide bonds. The molecule has 0 fully saturated rings. The van der Waals surface area contributed by atoms with Gasteiger partial charge in [0.2, 0.25) is 0 Å². The molecule has 4 heteroatoms. The first kappa shape index (κ1) is 30.4. The lowest BCUT2D eigenvalue weighted by atomic mass is 9.97. The minimum Gasteiger partial charge on any atom is -0.398 e. The van der Waals surface area contributed by atoms with Gasteiger partial charge in [-0.1, -0.05) is 75.0 Å². The second-order valence-corrected chi connectivity index (χ2v) is 9.21. The van der Waals surface area contributed by atoms with Crippen molar-refractivity contribution in [1.82, 2.24) is 4.57 Å². The summed E-state index contributed by atoms with van der Waals surface area (Å²) in [5, 5.41) is 2.46. The van der Waals surface area contributed by atoms with Gasteiger partial charge in [-0.2, -0.15) is 12.6 Å². The van der Waals surface area contributed by atoms with Crippen LogP contribution in [0.15, 0.2) is 116 Å². The number of nitrogens with zero attached hydrogens (tertiary/aromatic N) is 2. The summed E-state index contributed by atoms with van der Waals surface area (Å²) >= 11 is 3.53. The molecule has 5 aromatic rings. The third kappa shape index (κ3) is 6.35. The molecule has 0 aliphatic rings. The lowest BCUT2D eigenvalue weighted by molar-refractivity contribution is 1.13. The van der Waals surface area contributed by atoms with Gasteiger partial charge in [-0.15, -0.1) is 0 Å². The first-order valence-electron chi connectivity index (χ1n) is 13.6. The number of allylic oxidation sites excluding steroid dienone is 5. The molecule has 0 unspecified atom stereocenters. The Balaban J connectivity index is 0.00000106. The van der Waals surface area contributed by atoms with Crippen LogP contribution in [0, 0.1) is 0 Å². The number of nitrogens with two attached hydrogens (primary N) is 1. The fourth-order valence-electron chi connectivity index (χ4n) is 4.78. The molecule has 0 radical (unpaired) electrons. The molecule has 2 N–H and O–H groups in total. The maximum Gasteiger partial charge on any atom is 0.0541 e. The zero-order valence-electron chi connectivity index (χ0n) is 24.5. The zero-order chi connectivity index (χ0) is 29.2. The SMILES string of the molecule is C=C(/C=C(\C=C/C)c1ccc2c(c1)c1ccccc1n2-c1ccccc1)c1cc(N(C)C)ccc1N.CC.CS. The summed E-state index contributed by atoms with van der Waals surface area (Å²) in [7, 11) is 4.06. The van der Waals surface area contributed by atoms with Crippen molar-refractivity contribution in [2.45, 2.75) is 20.8 Å². The van der Waals surface area contributed by atoms with Gasteiger partial charge in [0.25, 0.3) is 0 Å². The van der Waals surface area contributed by atoms with Crippen LogP contribution in [-0.2, 0) is 0 Å². The van der Waals surface area contributed by atoms with E-state index in [1.165, 1.54) is 21.8 Å². The molecule has 1 aromatic heterocycles. The second kappa shape index (κ2) is 14.3. The number of hydrogen-bond donors (Lipinski definition) is 2. The molecule has 0 bridgehead atoms. The van der Waals surface area contributed by atoms with Crippen LogP contribution in [0.25, 0.3) is 38.6 Å². The number of fused-ring (bicyclic) bond motifs is 3. The number of anilines is 2. The highest BCUT2D eigenvalue weighted by molar-refractivity contribution is 7.79. The largest absolute Gasteiger partial charge is 0.398 e. The Morgan fingerprint density at radius 1 is 0.825 bits per heavy atom. The molecular weight excluding hydrogens is 506 g/mol. The van der Waals surface area contributed by atoms with Crippen molar-refractivity contribution in [1.29, 1.82) is 0 Å². The van der Waals surface area contributed by atoms with Crippen molar-refractivity contribution in [3.63, 3.8) is 0 Å². The predicted molar refractivity (Wildman–Crippen MR) is 184 cm³/mol. The normalized spacial score (nSPS) is 11.1. The number of nitrogen functional groups attached to an aromatic ring is 1. The van der Waals surface area contributed by atoms with Crippen LogP contribution >= 0.6 is 12.6 Å². The smallest absolute Gasteiger partial charge is 0.0541 e. The van der Waals surface area contributed by atoms with E-state index >= 15 is 0 Å². The highest BCUT2D eigenvalue weighted by atomic mass is 32.1. The van der Waals surface area contributed by atoms with Crippen LogP contribution in [0.1, 0.15) is 31.9 Å². The Hall–Kier alpha value is -4.15. The molecule has 0 saturated carbocycles. The lowest BCUT2D eigenvalue weighted by Gasteiger charge is -2.16. The first-order chi connectivity index (χ1) is 19.5. The van der Waals surface area contributed by atoms with E-state index in [0.717, 1.165) is 39.3 Å². The van der Waals surface area contributed by atoms with E-state index in [0.29, 0.717) is 0 Å². The molecule has 4 aromatic carbocycles. The molecule has 206 valence electrons. The van der Waals surface area contributed by atoms with Crippen molar-refractivity contribution >= 4 is 57.0 Å². The number of para-hydroxylation sites is 2. The second-order valence-electron chi connectivity index (χ2n) is 9.21. The minimum absolute atomic E-state index is 0.725. The van der Waals surface area contributed by atoms with Gasteiger partial charge < -0.3 is 15.2 Å². The summed E-state index contributed by atoms with van der Waals surface area (Å²) in [5.74, 6) is 0. The molecule has 0 saturated heterocycles. The van der Waals surface area contributed by atoms with Crippen molar-refractivity contribution in [3.05, 3.63) is 127 Å². The third-order valence-electron chi connectivity index (χ3n) is 6.60. The third-order valence-corrected chi connectivity index (χ3v) is 6.60. The summed E-state index contributed by atoms with van der Waals surface area (Å²) in [4.78, 5) is 2.07. The molecule has 5 rings (SSSR count). The van der Waals surface area contributed by atoms with Gasteiger partial charge in [-0.3, -0.25) is 0 Å². The van der Waals surface area contributed by atoms with E-state index in [9.17, 15) is 0 Å². The molecule has 0 aliphatic carbocycles. The maximum atomic E-state index is 6.34. The van der Waals surface area contributed by atoms with Gasteiger partial charge in [-0.25, -0.2) is 0 Å². The van der Waals surface area contributed by atoms with Gasteiger partial charge in [0.05, 0.1) is 11.0 Å². The fourth-order valence-corrected chi connectivity index (χ4v) is 4.78. The van der Waals surface area contributed by atoms with Crippen molar-refractivity contribution < 1.29 is 0 Å². The van der Waals surface area contributed by atoms with Crippen LogP contribution in [0.4, 0.5) is 11.4 Å². The van der Waals surface area contributed by atoms with Crippen LogP contribution in [0.2, 0.25) is 0 Å². The molecule has 1 heterocycles. The van der Waals surface area contributed by atoms with Gasteiger partial charge in [0, 0.05) is 47.5 Å². The number of thiol groups is 1. The Morgan fingerprint density at radius 3 is 2.15 bits per heavy atom. The number of hydrogen-bond acceptors (Lipinski definition) is 3. The molecular formula is C36H41N3S. The van der Waals surface area contributed by atoms with E-state index in [4.69, 9.17) is 5.73 Å². The lowest BCUT2D eigenvalue weighted by Crippen LogP contribution is -2.09. The minimum atomic E-state index is 0.725. The van der Waals surface area contributed by atoms with E-state index < -0.39 is 0 Å². The van der Waals surface area contributed by atoms with Crippen LogP contribution in [0.3, 0.4) is 0 Å². The zero-order valence-corrected chi connectivity index (χ0v) is 25.4. The van der Waals surface area contributed by atoms with Gasteiger partial charge >= 0.3 is 0 Å². The average Bonchev–Trinajstić information content (AvgIpc) is 3.33. The standard InChI is InChI=1S/C33H31N3.C2H6.CH4S/c1-5-11-24(20-23(2)29-22-27(35(3)4)17-18-31(29)34)25-16-19-33-30(21-25)28-14-9-10-15-32(28)36(33)26-12-7-6-8-13-26;2*1-2/h5-22H,2,34H2,1,3-4H3;1-2H3;2H,1H3/b11-5-,24-20+;;. The van der Waals surface area contributed by atoms with E-state index in [1.54, 1.807) is 6.26 Å². The number of benzene rings is 4. The van der Waals surface area contributed by atoms with Crippen LogP contribution in [-0.4, -0.2) is 24.9 Å². The average molecular weight is 548 g/mol. The fraction of sp³-hybridized carbons (Fsp3) is 0.167. The summed E-state index contributed by atoms with van der Waals surface area (Å²) < 4.78 is 2.33. The Kier molecular flexibility index (Phi) is 10.9. The number of aromatic nitrogens is 1. The van der Waals surface area contributed by atoms with Crippen molar-refractivity contribution in [3.8, 4) is 5.69 Å². The first-order valence-corrected chi connectivity index (χ1v) is 14.5. The molecule has 0 atom stereocenters. The molecule has 3 nitrogen and oxygen atoms in total. The summed E-state index contributed by atoms with van der Waals surface area (Å²) in [6, 6.07) is 31.9. The van der Waals surface area contributed by atoms with E-state index in [-0.39, 0.29) is 0 Å². The van der Waals surface area contributed by atoms with Gasteiger partial charge in [0.15, 0.2) is 0 Å².